The van der Waals surface area contributed by atoms with Gasteiger partial charge < -0.3 is 15.4 Å². The summed E-state index contributed by atoms with van der Waals surface area (Å²) in [6.07, 6.45) is 3.80. The molecule has 2 atom stereocenters. The minimum atomic E-state index is -0.488. The van der Waals surface area contributed by atoms with Crippen LogP contribution in [0.3, 0.4) is 0 Å². The first-order valence-electron chi connectivity index (χ1n) is 10.0. The number of anilines is 1. The van der Waals surface area contributed by atoms with E-state index in [9.17, 15) is 8.78 Å². The first-order valence-corrected chi connectivity index (χ1v) is 10.4. The zero-order chi connectivity index (χ0) is 21.1. The highest BCUT2D eigenvalue weighted by molar-refractivity contribution is 6.29. The third kappa shape index (κ3) is 4.63. The molecule has 2 aromatic heterocycles. The zero-order valence-electron chi connectivity index (χ0n) is 16.6. The fourth-order valence-electron chi connectivity index (χ4n) is 3.69. The van der Waals surface area contributed by atoms with E-state index in [1.807, 2.05) is 6.92 Å². The molecule has 1 aliphatic rings. The van der Waals surface area contributed by atoms with Gasteiger partial charge in [0.05, 0.1) is 18.3 Å². The van der Waals surface area contributed by atoms with Gasteiger partial charge in [-0.25, -0.2) is 13.8 Å². The van der Waals surface area contributed by atoms with Gasteiger partial charge in [0, 0.05) is 24.1 Å². The Bertz CT molecular complexity index is 1040. The third-order valence-electron chi connectivity index (χ3n) is 5.24. The maximum absolute atomic E-state index is 14.4. The summed E-state index contributed by atoms with van der Waals surface area (Å²) in [4.78, 5) is 8.26. The molecule has 0 bridgehead atoms. The van der Waals surface area contributed by atoms with Crippen LogP contribution in [0.5, 0.6) is 5.75 Å². The number of nitrogens with zero attached hydrogens (tertiary/aromatic N) is 2. The van der Waals surface area contributed by atoms with E-state index in [4.69, 9.17) is 16.3 Å². The van der Waals surface area contributed by atoms with Crippen LogP contribution in [-0.4, -0.2) is 29.2 Å². The lowest BCUT2D eigenvalue weighted by atomic mass is 10.0. The van der Waals surface area contributed by atoms with E-state index in [0.29, 0.717) is 29.8 Å². The van der Waals surface area contributed by atoms with E-state index >= 15 is 0 Å². The standard InChI is InChI=1S/C22H23ClF2N4O/c1-13(28-21-16(25)12-27-18-5-7-20(23)29-22(18)21)8-10-30-19-6-4-14(24)11-15(19)17-3-2-9-26-17/h4-7,11-13,17,26H,2-3,8-10H2,1H3,(H,27,28)/t13-,17-/m1/s1. The van der Waals surface area contributed by atoms with Gasteiger partial charge in [-0.1, -0.05) is 11.6 Å². The van der Waals surface area contributed by atoms with Crippen LogP contribution in [0.4, 0.5) is 14.5 Å². The predicted molar refractivity (Wildman–Crippen MR) is 114 cm³/mol. The Morgan fingerprint density at radius 1 is 1.30 bits per heavy atom. The number of rotatable bonds is 7. The number of fused-ring (bicyclic) bond motifs is 1. The normalized spacial score (nSPS) is 17.3. The smallest absolute Gasteiger partial charge is 0.166 e. The van der Waals surface area contributed by atoms with Crippen molar-refractivity contribution in [3.05, 3.63) is 58.9 Å². The zero-order valence-corrected chi connectivity index (χ0v) is 17.3. The second-order valence-corrected chi connectivity index (χ2v) is 7.88. The number of halogens is 3. The molecule has 0 unspecified atom stereocenters. The first kappa shape index (κ1) is 20.8. The van der Waals surface area contributed by atoms with Gasteiger partial charge in [-0.05, 0) is 56.6 Å². The lowest BCUT2D eigenvalue weighted by molar-refractivity contribution is 0.298. The monoisotopic (exact) mass is 432 g/mol. The molecule has 0 spiro atoms. The minimum absolute atomic E-state index is 0.0978. The van der Waals surface area contributed by atoms with Crippen molar-refractivity contribution in [2.75, 3.05) is 18.5 Å². The quantitative estimate of drug-likeness (QED) is 0.499. The van der Waals surface area contributed by atoms with Crippen LogP contribution in [0.15, 0.2) is 36.5 Å². The predicted octanol–water partition coefficient (Wildman–Crippen LogP) is 5.26. The van der Waals surface area contributed by atoms with Crippen LogP contribution in [-0.2, 0) is 0 Å². The van der Waals surface area contributed by atoms with Gasteiger partial charge in [0.15, 0.2) is 5.82 Å². The highest BCUT2D eigenvalue weighted by atomic mass is 35.5. The molecule has 2 N–H and O–H groups in total. The maximum Gasteiger partial charge on any atom is 0.166 e. The van der Waals surface area contributed by atoms with E-state index in [-0.39, 0.29) is 28.7 Å². The van der Waals surface area contributed by atoms with Crippen molar-refractivity contribution >= 4 is 28.3 Å². The summed E-state index contributed by atoms with van der Waals surface area (Å²) in [7, 11) is 0. The molecule has 0 radical (unpaired) electrons. The molecule has 3 heterocycles. The van der Waals surface area contributed by atoms with Crippen molar-refractivity contribution in [3.8, 4) is 5.75 Å². The second kappa shape index (κ2) is 9.10. The molecule has 5 nitrogen and oxygen atoms in total. The Kier molecular flexibility index (Phi) is 6.29. The molecule has 158 valence electrons. The van der Waals surface area contributed by atoms with Crippen LogP contribution in [0.25, 0.3) is 11.0 Å². The third-order valence-corrected chi connectivity index (χ3v) is 5.45. The summed E-state index contributed by atoms with van der Waals surface area (Å²) < 4.78 is 34.1. The van der Waals surface area contributed by atoms with E-state index in [0.717, 1.165) is 24.9 Å². The van der Waals surface area contributed by atoms with Crippen molar-refractivity contribution < 1.29 is 13.5 Å². The number of ether oxygens (including phenoxy) is 1. The molecule has 4 rings (SSSR count). The average molecular weight is 433 g/mol. The van der Waals surface area contributed by atoms with Gasteiger partial charge in [0.25, 0.3) is 0 Å². The molecule has 0 aliphatic carbocycles. The summed E-state index contributed by atoms with van der Waals surface area (Å²) in [5, 5.41) is 6.81. The van der Waals surface area contributed by atoms with Crippen molar-refractivity contribution in [2.45, 2.75) is 38.3 Å². The first-order chi connectivity index (χ1) is 14.5. The molecule has 3 aromatic rings. The highest BCUT2D eigenvalue weighted by Gasteiger charge is 2.21. The van der Waals surface area contributed by atoms with Crippen molar-refractivity contribution in [3.63, 3.8) is 0 Å². The molecular formula is C22H23ClF2N4O. The number of hydrogen-bond acceptors (Lipinski definition) is 5. The molecule has 1 aromatic carbocycles. The summed E-state index contributed by atoms with van der Waals surface area (Å²) in [6, 6.07) is 7.95. The topological polar surface area (TPSA) is 59.1 Å². The van der Waals surface area contributed by atoms with E-state index in [1.165, 1.54) is 18.3 Å². The van der Waals surface area contributed by atoms with E-state index < -0.39 is 5.82 Å². The Morgan fingerprint density at radius 3 is 2.97 bits per heavy atom. The lowest BCUT2D eigenvalue weighted by Gasteiger charge is -2.19. The fraction of sp³-hybridized carbons (Fsp3) is 0.364. The van der Waals surface area contributed by atoms with Crippen molar-refractivity contribution in [1.29, 1.82) is 0 Å². The molecule has 1 aliphatic heterocycles. The Balaban J connectivity index is 1.42. The molecule has 1 saturated heterocycles. The minimum Gasteiger partial charge on any atom is -0.493 e. The molecule has 8 heteroatoms. The summed E-state index contributed by atoms with van der Waals surface area (Å²) >= 11 is 5.97. The van der Waals surface area contributed by atoms with Gasteiger partial charge in [-0.3, -0.25) is 4.98 Å². The maximum atomic E-state index is 14.4. The van der Waals surface area contributed by atoms with Gasteiger partial charge in [-0.15, -0.1) is 0 Å². The molecule has 0 amide bonds. The van der Waals surface area contributed by atoms with E-state index in [2.05, 4.69) is 20.6 Å². The molecule has 1 fully saturated rings. The summed E-state index contributed by atoms with van der Waals surface area (Å²) in [5.74, 6) is -0.0811. The Hall–Kier alpha value is -2.51. The van der Waals surface area contributed by atoms with Gasteiger partial charge >= 0.3 is 0 Å². The van der Waals surface area contributed by atoms with Crippen LogP contribution < -0.4 is 15.4 Å². The number of hydrogen-bond donors (Lipinski definition) is 2. The number of nitrogens with one attached hydrogen (secondary N) is 2. The number of benzene rings is 1. The van der Waals surface area contributed by atoms with Crippen LogP contribution in [0.1, 0.15) is 37.8 Å². The molecular weight excluding hydrogens is 410 g/mol. The highest BCUT2D eigenvalue weighted by Crippen LogP contribution is 2.32. The van der Waals surface area contributed by atoms with Crippen LogP contribution >= 0.6 is 11.6 Å². The largest absolute Gasteiger partial charge is 0.493 e. The summed E-state index contributed by atoms with van der Waals surface area (Å²) in [6.45, 7) is 3.26. The number of pyridine rings is 2. The Morgan fingerprint density at radius 2 is 2.17 bits per heavy atom. The molecule has 30 heavy (non-hydrogen) atoms. The SMILES string of the molecule is C[C@H](CCOc1ccc(F)cc1[C@H]1CCCN1)Nc1c(F)cnc2ccc(Cl)nc12. The number of aromatic nitrogens is 2. The molecule has 0 saturated carbocycles. The van der Waals surface area contributed by atoms with E-state index in [1.54, 1.807) is 18.2 Å². The average Bonchev–Trinajstić information content (AvgIpc) is 3.26. The van der Waals surface area contributed by atoms with Crippen LogP contribution in [0, 0.1) is 11.6 Å². The second-order valence-electron chi connectivity index (χ2n) is 7.50. The van der Waals surface area contributed by atoms with Gasteiger partial charge in [-0.2, -0.15) is 0 Å². The summed E-state index contributed by atoms with van der Waals surface area (Å²) in [5.41, 5.74) is 2.07. The van der Waals surface area contributed by atoms with Gasteiger partial charge in [0.1, 0.15) is 27.9 Å². The van der Waals surface area contributed by atoms with Gasteiger partial charge in [0.2, 0.25) is 0 Å². The Labute approximate surface area is 178 Å². The van der Waals surface area contributed by atoms with Crippen molar-refractivity contribution in [1.82, 2.24) is 15.3 Å². The fourth-order valence-corrected chi connectivity index (χ4v) is 3.84. The van der Waals surface area contributed by atoms with Crippen molar-refractivity contribution in [2.24, 2.45) is 0 Å². The lowest BCUT2D eigenvalue weighted by Crippen LogP contribution is -2.20. The van der Waals surface area contributed by atoms with Crippen LogP contribution in [0.2, 0.25) is 5.15 Å².